The van der Waals surface area contributed by atoms with E-state index in [0.717, 1.165) is 75.6 Å². The van der Waals surface area contributed by atoms with Crippen LogP contribution in [-0.4, -0.2) is 94.0 Å². The van der Waals surface area contributed by atoms with Crippen molar-refractivity contribution in [3.63, 3.8) is 0 Å². The van der Waals surface area contributed by atoms with E-state index in [1.807, 2.05) is 17.9 Å². The summed E-state index contributed by atoms with van der Waals surface area (Å²) in [6.45, 7) is 11.8. The van der Waals surface area contributed by atoms with Crippen LogP contribution in [0.3, 0.4) is 0 Å². The van der Waals surface area contributed by atoms with E-state index in [1.165, 1.54) is 0 Å². The fraction of sp³-hybridized carbons (Fsp3) is 0.600. The summed E-state index contributed by atoms with van der Waals surface area (Å²) < 4.78 is 0. The van der Waals surface area contributed by atoms with Crippen LogP contribution < -0.4 is 4.90 Å². The lowest BCUT2D eigenvalue weighted by Crippen LogP contribution is -2.57. The minimum absolute atomic E-state index is 0.0711. The van der Waals surface area contributed by atoms with E-state index in [0.29, 0.717) is 0 Å². The van der Waals surface area contributed by atoms with Crippen LogP contribution in [0.1, 0.15) is 17.6 Å². The van der Waals surface area contributed by atoms with E-state index >= 15 is 0 Å². The quantitative estimate of drug-likeness (QED) is 0.724. The van der Waals surface area contributed by atoms with Gasteiger partial charge in [0.1, 0.15) is 0 Å². The van der Waals surface area contributed by atoms with Crippen LogP contribution in [0.15, 0.2) is 23.8 Å². The van der Waals surface area contributed by atoms with Crippen molar-refractivity contribution in [3.8, 4) is 0 Å². The van der Waals surface area contributed by atoms with Gasteiger partial charge in [0.2, 0.25) is 11.9 Å². The van der Waals surface area contributed by atoms with Gasteiger partial charge < -0.3 is 9.80 Å². The third-order valence-electron chi connectivity index (χ3n) is 5.79. The summed E-state index contributed by atoms with van der Waals surface area (Å²) in [6, 6.07) is 1.75. The molecule has 0 saturated carbocycles. The van der Waals surface area contributed by atoms with Crippen molar-refractivity contribution in [1.29, 1.82) is 0 Å². The van der Waals surface area contributed by atoms with Crippen molar-refractivity contribution in [1.82, 2.24) is 29.7 Å². The number of amides is 1. The van der Waals surface area contributed by atoms with Gasteiger partial charge in [-0.05, 0) is 19.9 Å². The van der Waals surface area contributed by atoms with E-state index in [-0.39, 0.29) is 11.9 Å². The Labute approximate surface area is 176 Å². The molecule has 2 aliphatic heterocycles. The first-order valence-electron chi connectivity index (χ1n) is 10.3. The maximum absolute atomic E-state index is 13.0. The summed E-state index contributed by atoms with van der Waals surface area (Å²) in [7, 11) is 0. The zero-order valence-corrected chi connectivity index (χ0v) is 18.0. The number of piperazine rings is 2. The first-order chi connectivity index (χ1) is 14.1. The number of carbonyl (C=O) groups is 1. The lowest BCUT2D eigenvalue weighted by molar-refractivity contribution is -0.137. The largest absolute Gasteiger partial charge is 0.338 e. The Kier molecular flexibility index (Phi) is 6.37. The highest BCUT2D eigenvalue weighted by atomic mass is 32.1. The van der Waals surface area contributed by atoms with Gasteiger partial charge in [0, 0.05) is 76.7 Å². The molecule has 0 aliphatic carbocycles. The molecule has 0 aromatic carbocycles. The van der Waals surface area contributed by atoms with Gasteiger partial charge >= 0.3 is 0 Å². The van der Waals surface area contributed by atoms with E-state index in [2.05, 4.69) is 42.0 Å². The molecule has 1 atom stereocenters. The Morgan fingerprint density at radius 2 is 1.76 bits per heavy atom. The third kappa shape index (κ3) is 4.91. The SMILES string of the molecule is Cc1nc(CN2CCN(C(C)C(=O)N3CCN(c4ncccn4)CC3)CC2)cs1. The maximum Gasteiger partial charge on any atom is 0.239 e. The second kappa shape index (κ2) is 9.15. The number of rotatable bonds is 5. The first kappa shape index (κ1) is 20.2. The maximum atomic E-state index is 13.0. The van der Waals surface area contributed by atoms with Crippen molar-refractivity contribution in [2.45, 2.75) is 26.4 Å². The molecule has 0 bridgehead atoms. The molecule has 2 aromatic heterocycles. The summed E-state index contributed by atoms with van der Waals surface area (Å²) in [6.07, 6.45) is 3.52. The monoisotopic (exact) mass is 415 g/mol. The minimum Gasteiger partial charge on any atom is -0.338 e. The minimum atomic E-state index is -0.0711. The van der Waals surface area contributed by atoms with E-state index in [4.69, 9.17) is 0 Å². The van der Waals surface area contributed by atoms with E-state index in [9.17, 15) is 4.79 Å². The third-order valence-corrected chi connectivity index (χ3v) is 6.61. The normalized spacial score (nSPS) is 20.1. The number of hydrogen-bond donors (Lipinski definition) is 0. The van der Waals surface area contributed by atoms with E-state index in [1.54, 1.807) is 23.7 Å². The van der Waals surface area contributed by atoms with Crippen molar-refractivity contribution in [3.05, 3.63) is 34.5 Å². The highest BCUT2D eigenvalue weighted by Crippen LogP contribution is 2.16. The smallest absolute Gasteiger partial charge is 0.239 e. The van der Waals surface area contributed by atoms with Gasteiger partial charge in [0.25, 0.3) is 0 Å². The fourth-order valence-corrected chi connectivity index (χ4v) is 4.62. The number of anilines is 1. The van der Waals surface area contributed by atoms with Crippen LogP contribution >= 0.6 is 11.3 Å². The summed E-state index contributed by atoms with van der Waals surface area (Å²) in [5, 5.41) is 3.27. The highest BCUT2D eigenvalue weighted by molar-refractivity contribution is 7.09. The van der Waals surface area contributed by atoms with Crippen LogP contribution in [0.25, 0.3) is 0 Å². The molecule has 2 aromatic rings. The fourth-order valence-electron chi connectivity index (χ4n) is 4.02. The molecule has 4 rings (SSSR count). The van der Waals surface area contributed by atoms with Gasteiger partial charge in [-0.25, -0.2) is 15.0 Å². The second-order valence-corrected chi connectivity index (χ2v) is 8.77. The predicted octanol–water partition coefficient (Wildman–Crippen LogP) is 1.10. The number of carbonyl (C=O) groups excluding carboxylic acids is 1. The molecule has 2 saturated heterocycles. The van der Waals surface area contributed by atoms with Gasteiger partial charge in [-0.2, -0.15) is 0 Å². The van der Waals surface area contributed by atoms with Crippen molar-refractivity contribution < 1.29 is 4.79 Å². The molecule has 0 radical (unpaired) electrons. The summed E-state index contributed by atoms with van der Waals surface area (Å²) in [4.78, 5) is 35.1. The Morgan fingerprint density at radius 3 is 2.38 bits per heavy atom. The molecule has 29 heavy (non-hydrogen) atoms. The molecule has 9 heteroatoms. The molecule has 1 unspecified atom stereocenters. The number of hydrogen-bond acceptors (Lipinski definition) is 8. The zero-order chi connectivity index (χ0) is 20.2. The first-order valence-corrected chi connectivity index (χ1v) is 11.2. The lowest BCUT2D eigenvalue weighted by atomic mass is 10.2. The van der Waals surface area contributed by atoms with Crippen molar-refractivity contribution in [2.75, 3.05) is 57.3 Å². The van der Waals surface area contributed by atoms with Crippen LogP contribution in [0, 0.1) is 6.92 Å². The average molecular weight is 416 g/mol. The highest BCUT2D eigenvalue weighted by Gasteiger charge is 2.31. The standard InChI is InChI=1S/C20H29N7OS/c1-16(25-8-6-24(7-9-25)14-18-15-29-17(2)23-18)19(28)26-10-12-27(13-11-26)20-21-4-3-5-22-20/h3-5,15-16H,6-14H2,1-2H3. The van der Waals surface area contributed by atoms with Gasteiger partial charge in [0.05, 0.1) is 16.7 Å². The zero-order valence-electron chi connectivity index (χ0n) is 17.2. The second-order valence-electron chi connectivity index (χ2n) is 7.71. The molecule has 4 heterocycles. The van der Waals surface area contributed by atoms with Crippen molar-refractivity contribution >= 4 is 23.2 Å². The molecule has 2 fully saturated rings. The van der Waals surface area contributed by atoms with Gasteiger partial charge in [-0.3, -0.25) is 14.6 Å². The predicted molar refractivity (Wildman–Crippen MR) is 114 cm³/mol. The molecule has 8 nitrogen and oxygen atoms in total. The Morgan fingerprint density at radius 1 is 1.07 bits per heavy atom. The van der Waals surface area contributed by atoms with Crippen molar-refractivity contribution in [2.24, 2.45) is 0 Å². The molecule has 156 valence electrons. The van der Waals surface area contributed by atoms with Crippen LogP contribution in [0.5, 0.6) is 0 Å². The molecule has 1 amide bonds. The molecule has 2 aliphatic rings. The summed E-state index contributed by atoms with van der Waals surface area (Å²) >= 11 is 1.71. The van der Waals surface area contributed by atoms with Gasteiger partial charge in [-0.15, -0.1) is 11.3 Å². The van der Waals surface area contributed by atoms with Gasteiger partial charge in [-0.1, -0.05) is 0 Å². The van der Waals surface area contributed by atoms with Gasteiger partial charge in [0.15, 0.2) is 0 Å². The molecular weight excluding hydrogens is 386 g/mol. The topological polar surface area (TPSA) is 68.7 Å². The molecule has 0 N–H and O–H groups in total. The molecular formula is C20H29N7OS. The number of aryl methyl sites for hydroxylation is 1. The Hall–Kier alpha value is -2.10. The van der Waals surface area contributed by atoms with Crippen LogP contribution in [0.2, 0.25) is 0 Å². The molecule has 0 spiro atoms. The lowest BCUT2D eigenvalue weighted by Gasteiger charge is -2.40. The number of aromatic nitrogens is 3. The summed E-state index contributed by atoms with van der Waals surface area (Å²) in [5.41, 5.74) is 1.16. The van der Waals surface area contributed by atoms with Crippen LogP contribution in [0.4, 0.5) is 5.95 Å². The number of thiazole rings is 1. The Bertz CT molecular complexity index is 798. The average Bonchev–Trinajstić information content (AvgIpc) is 3.18. The van der Waals surface area contributed by atoms with Crippen LogP contribution in [-0.2, 0) is 11.3 Å². The number of nitrogens with zero attached hydrogens (tertiary/aromatic N) is 7. The van der Waals surface area contributed by atoms with E-state index < -0.39 is 0 Å². The Balaban J connectivity index is 1.24. The summed E-state index contributed by atoms with van der Waals surface area (Å²) in [5.74, 6) is 0.987.